The zero-order valence-electron chi connectivity index (χ0n) is 13.1. The van der Waals surface area contributed by atoms with Crippen LogP contribution in [0.25, 0.3) is 0 Å². The highest BCUT2D eigenvalue weighted by Gasteiger charge is 2.37. The number of benzene rings is 1. The molecule has 6 nitrogen and oxygen atoms in total. The van der Waals surface area contributed by atoms with E-state index in [4.69, 9.17) is 4.74 Å². The van der Waals surface area contributed by atoms with Gasteiger partial charge in [-0.2, -0.15) is 10.1 Å². The van der Waals surface area contributed by atoms with Crippen molar-refractivity contribution in [3.63, 3.8) is 0 Å². The first kappa shape index (κ1) is 14.0. The van der Waals surface area contributed by atoms with Crippen molar-refractivity contribution in [2.75, 3.05) is 12.4 Å². The molecular formula is C17H18N4O2. The number of nitrogens with zero attached hydrogens (tertiary/aromatic N) is 3. The van der Waals surface area contributed by atoms with Crippen LogP contribution in [0.5, 0.6) is 5.75 Å². The number of allylic oxidation sites excluding steroid dienone is 2. The molecule has 0 spiro atoms. The molecule has 2 aliphatic rings. The van der Waals surface area contributed by atoms with Crippen molar-refractivity contribution < 1.29 is 9.53 Å². The summed E-state index contributed by atoms with van der Waals surface area (Å²) >= 11 is 0. The van der Waals surface area contributed by atoms with Crippen LogP contribution >= 0.6 is 0 Å². The van der Waals surface area contributed by atoms with Crippen LogP contribution in [-0.2, 0) is 4.79 Å². The minimum Gasteiger partial charge on any atom is -0.497 e. The van der Waals surface area contributed by atoms with Crippen molar-refractivity contribution in [3.8, 4) is 5.75 Å². The maximum atomic E-state index is 12.7. The van der Waals surface area contributed by atoms with Gasteiger partial charge in [0.25, 0.3) is 0 Å². The molecule has 0 saturated carbocycles. The number of hydrogen-bond acceptors (Lipinski definition) is 5. The van der Waals surface area contributed by atoms with E-state index in [1.807, 2.05) is 24.3 Å². The maximum Gasteiger partial charge on any atom is 0.226 e. The third kappa shape index (κ3) is 2.21. The lowest BCUT2D eigenvalue weighted by molar-refractivity contribution is -0.117. The molecule has 0 radical (unpaired) electrons. The first-order valence-electron chi connectivity index (χ1n) is 7.74. The summed E-state index contributed by atoms with van der Waals surface area (Å²) in [6.07, 6.45) is 2.96. The van der Waals surface area contributed by atoms with E-state index in [-0.39, 0.29) is 11.8 Å². The summed E-state index contributed by atoms with van der Waals surface area (Å²) in [5, 5.41) is 7.61. The predicted octanol–water partition coefficient (Wildman–Crippen LogP) is 2.55. The highest BCUT2D eigenvalue weighted by molar-refractivity contribution is 5.99. The van der Waals surface area contributed by atoms with Crippen molar-refractivity contribution in [2.24, 2.45) is 5.92 Å². The van der Waals surface area contributed by atoms with Crippen LogP contribution in [0.1, 0.15) is 31.4 Å². The van der Waals surface area contributed by atoms with Gasteiger partial charge in [0, 0.05) is 17.7 Å². The average Bonchev–Trinajstić information content (AvgIpc) is 3.00. The van der Waals surface area contributed by atoms with Crippen molar-refractivity contribution >= 4 is 11.7 Å². The van der Waals surface area contributed by atoms with E-state index < -0.39 is 0 Å². The zero-order chi connectivity index (χ0) is 16.0. The van der Waals surface area contributed by atoms with Gasteiger partial charge in [-0.05, 0) is 30.0 Å². The number of methoxy groups -OCH3 is 1. The van der Waals surface area contributed by atoms with Crippen LogP contribution in [0.4, 0.5) is 5.95 Å². The molecule has 1 N–H and O–H groups in total. The van der Waals surface area contributed by atoms with Crippen molar-refractivity contribution in [2.45, 2.75) is 25.8 Å². The zero-order valence-corrected chi connectivity index (χ0v) is 13.1. The van der Waals surface area contributed by atoms with Gasteiger partial charge in [-0.15, -0.1) is 0 Å². The Bertz CT molecular complexity index is 791. The van der Waals surface area contributed by atoms with E-state index in [0.717, 1.165) is 29.0 Å². The van der Waals surface area contributed by atoms with Crippen LogP contribution in [-0.4, -0.2) is 27.7 Å². The van der Waals surface area contributed by atoms with Crippen LogP contribution in [0, 0.1) is 5.92 Å². The Labute approximate surface area is 134 Å². The monoisotopic (exact) mass is 310 g/mol. The molecule has 6 heteroatoms. The van der Waals surface area contributed by atoms with Crippen molar-refractivity contribution in [3.05, 3.63) is 47.4 Å². The highest BCUT2D eigenvalue weighted by Crippen LogP contribution is 2.41. The molecule has 1 aromatic carbocycles. The second kappa shape index (κ2) is 5.22. The lowest BCUT2D eigenvalue weighted by Gasteiger charge is -2.34. The van der Waals surface area contributed by atoms with E-state index in [0.29, 0.717) is 18.3 Å². The summed E-state index contributed by atoms with van der Waals surface area (Å²) in [6.45, 7) is 2.10. The minimum atomic E-state index is -0.227. The summed E-state index contributed by atoms with van der Waals surface area (Å²) in [5.41, 5.74) is 2.80. The van der Waals surface area contributed by atoms with E-state index in [2.05, 4.69) is 22.3 Å². The molecule has 4 rings (SSSR count). The fourth-order valence-corrected chi connectivity index (χ4v) is 3.44. The third-order valence-corrected chi connectivity index (χ3v) is 4.50. The summed E-state index contributed by atoms with van der Waals surface area (Å²) in [5.74, 6) is 2.01. The van der Waals surface area contributed by atoms with Crippen LogP contribution in [0.2, 0.25) is 0 Å². The van der Waals surface area contributed by atoms with Crippen LogP contribution in [0.15, 0.2) is 41.9 Å². The highest BCUT2D eigenvalue weighted by atomic mass is 16.5. The van der Waals surface area contributed by atoms with E-state index in [9.17, 15) is 4.79 Å². The van der Waals surface area contributed by atoms with Crippen molar-refractivity contribution in [1.82, 2.24) is 14.8 Å². The summed E-state index contributed by atoms with van der Waals surface area (Å²) in [6, 6.07) is 7.55. The summed E-state index contributed by atoms with van der Waals surface area (Å²) in [7, 11) is 1.64. The molecule has 1 aliphatic heterocycles. The molecule has 23 heavy (non-hydrogen) atoms. The fourth-order valence-electron chi connectivity index (χ4n) is 3.44. The molecule has 2 heterocycles. The van der Waals surface area contributed by atoms with E-state index in [1.54, 1.807) is 11.8 Å². The fraction of sp³-hybridized carbons (Fsp3) is 0.353. The SMILES string of the molecule is COc1ccc([C@H]2C3=C(C[C@H](C)CC3=O)Nc3ncnn32)cc1. The molecule has 2 atom stereocenters. The molecule has 1 aliphatic carbocycles. The van der Waals surface area contributed by atoms with Gasteiger partial charge in [0.2, 0.25) is 5.95 Å². The van der Waals surface area contributed by atoms with Crippen molar-refractivity contribution in [1.29, 1.82) is 0 Å². The molecule has 0 saturated heterocycles. The van der Waals surface area contributed by atoms with Gasteiger partial charge >= 0.3 is 0 Å². The van der Waals surface area contributed by atoms with Gasteiger partial charge in [-0.3, -0.25) is 4.79 Å². The second-order valence-electron chi connectivity index (χ2n) is 6.16. The topological polar surface area (TPSA) is 69.0 Å². The number of hydrogen-bond donors (Lipinski definition) is 1. The number of anilines is 1. The number of carbonyl (C=O) groups is 1. The lowest BCUT2D eigenvalue weighted by Crippen LogP contribution is -2.33. The molecule has 118 valence electrons. The van der Waals surface area contributed by atoms with Gasteiger partial charge in [0.15, 0.2) is 5.78 Å². The number of rotatable bonds is 2. The smallest absolute Gasteiger partial charge is 0.226 e. The van der Waals surface area contributed by atoms with Gasteiger partial charge in [0.1, 0.15) is 18.1 Å². The Morgan fingerprint density at radius 2 is 2.04 bits per heavy atom. The molecule has 0 amide bonds. The van der Waals surface area contributed by atoms with Crippen LogP contribution in [0.3, 0.4) is 0 Å². The van der Waals surface area contributed by atoms with Gasteiger partial charge in [0.05, 0.1) is 7.11 Å². The third-order valence-electron chi connectivity index (χ3n) is 4.50. The molecule has 2 aromatic rings. The Kier molecular flexibility index (Phi) is 3.18. The normalized spacial score (nSPS) is 23.1. The van der Waals surface area contributed by atoms with Gasteiger partial charge in [-0.25, -0.2) is 4.68 Å². The first-order chi connectivity index (χ1) is 11.2. The summed E-state index contributed by atoms with van der Waals surface area (Å²) < 4.78 is 7.01. The Morgan fingerprint density at radius 3 is 2.78 bits per heavy atom. The Morgan fingerprint density at radius 1 is 1.26 bits per heavy atom. The standard InChI is InChI=1S/C17H18N4O2/c1-10-7-13-15(14(22)8-10)16(21-17(20-13)18-9-19-21)11-3-5-12(23-2)6-4-11/h3-6,9-10,16H,7-8H2,1-2H3,(H,18,19,20)/t10-,16-/m0/s1. The number of ketones is 1. The maximum absolute atomic E-state index is 12.7. The predicted molar refractivity (Wildman–Crippen MR) is 85.2 cm³/mol. The van der Waals surface area contributed by atoms with E-state index in [1.165, 1.54) is 6.33 Å². The second-order valence-corrected chi connectivity index (χ2v) is 6.16. The molecular weight excluding hydrogens is 292 g/mol. The van der Waals surface area contributed by atoms with Gasteiger partial charge < -0.3 is 10.1 Å². The van der Waals surface area contributed by atoms with Gasteiger partial charge in [-0.1, -0.05) is 19.1 Å². The number of Topliss-reactive ketones (excluding diaryl/α,β-unsaturated/α-hetero) is 1. The molecule has 1 aromatic heterocycles. The Balaban J connectivity index is 1.85. The first-order valence-corrected chi connectivity index (χ1v) is 7.74. The minimum absolute atomic E-state index is 0.188. The largest absolute Gasteiger partial charge is 0.497 e. The molecule has 0 fully saturated rings. The van der Waals surface area contributed by atoms with E-state index >= 15 is 0 Å². The number of carbonyl (C=O) groups excluding carboxylic acids is 1. The van der Waals surface area contributed by atoms with Crippen LogP contribution < -0.4 is 10.1 Å². The number of aromatic nitrogens is 3. The molecule has 0 unspecified atom stereocenters. The number of ether oxygens (including phenoxy) is 1. The molecule has 0 bridgehead atoms. The lowest BCUT2D eigenvalue weighted by atomic mass is 9.81. The quantitative estimate of drug-likeness (QED) is 0.923. The number of fused-ring (bicyclic) bond motifs is 1. The Hall–Kier alpha value is -2.63. The number of nitrogens with one attached hydrogen (secondary N) is 1. The average molecular weight is 310 g/mol. The summed E-state index contributed by atoms with van der Waals surface area (Å²) in [4.78, 5) is 17.0.